The molecule has 0 aliphatic carbocycles. The summed E-state index contributed by atoms with van der Waals surface area (Å²) in [5.41, 5.74) is 7.61. The summed E-state index contributed by atoms with van der Waals surface area (Å²) in [5, 5.41) is 18.1. The number of benzene rings is 11. The molecule has 12 rings (SSSR count). The molecule has 0 aliphatic heterocycles. The molecule has 0 spiro atoms. The third-order valence-electron chi connectivity index (χ3n) is 11.8. The van der Waals surface area contributed by atoms with Crippen LogP contribution >= 0.6 is 11.3 Å². The number of thiophene rings is 1. The maximum absolute atomic E-state index is 2.39. The van der Waals surface area contributed by atoms with Crippen LogP contribution in [0, 0.1) is 0 Å². The average Bonchev–Trinajstić information content (AvgIpc) is 3.65. The van der Waals surface area contributed by atoms with Crippen molar-refractivity contribution in [3.8, 4) is 33.4 Å². The van der Waals surface area contributed by atoms with E-state index in [-0.39, 0.29) is 0 Å². The molecule has 55 heavy (non-hydrogen) atoms. The van der Waals surface area contributed by atoms with Gasteiger partial charge in [0.1, 0.15) is 0 Å². The largest absolute Gasteiger partial charge is 0.134 e. The minimum absolute atomic E-state index is 1.24. The van der Waals surface area contributed by atoms with E-state index in [2.05, 4.69) is 194 Å². The first-order chi connectivity index (χ1) is 27.3. The molecule has 1 heteroatoms. The Bertz CT molecular complexity index is 3490. The summed E-state index contributed by atoms with van der Waals surface area (Å²) in [7, 11) is 0. The van der Waals surface area contributed by atoms with Gasteiger partial charge >= 0.3 is 0 Å². The number of rotatable bonds is 3. The van der Waals surface area contributed by atoms with Gasteiger partial charge in [-0.15, -0.1) is 11.3 Å². The SMILES string of the molecule is c1ccc2c(-c3c4ccccc4c(-c4ccc(-c5ccc6c(ccc7c8ccc9ccccc9c8sc67)c5)c5ccccc45)c4ccccc34)cccc2c1. The molecule has 0 saturated carbocycles. The monoisotopic (exact) mass is 712 g/mol. The Kier molecular flexibility index (Phi) is 6.60. The molecule has 0 radical (unpaired) electrons. The minimum Gasteiger partial charge on any atom is -0.134 e. The Labute approximate surface area is 322 Å². The normalized spacial score (nSPS) is 12.0. The van der Waals surface area contributed by atoms with Crippen molar-refractivity contribution >= 4 is 96.1 Å². The van der Waals surface area contributed by atoms with Crippen LogP contribution in [0.1, 0.15) is 0 Å². The van der Waals surface area contributed by atoms with Crippen LogP contribution in [0.3, 0.4) is 0 Å². The molecule has 0 amide bonds. The van der Waals surface area contributed by atoms with Crippen molar-refractivity contribution in [1.29, 1.82) is 0 Å². The lowest BCUT2D eigenvalue weighted by atomic mass is 9.83. The van der Waals surface area contributed by atoms with Crippen molar-refractivity contribution in [1.82, 2.24) is 0 Å². The second kappa shape index (κ2) is 11.9. The fourth-order valence-electron chi connectivity index (χ4n) is 9.38. The standard InChI is InChI=1S/C54H32S/c1-3-15-37-33(12-1)14-11-23-43(37)51-44-19-7-9-21-46(44)52(47-22-10-8-20-45(47)51)48-31-30-38(41-17-5-6-18-42(41)48)35-25-27-40-36(32-35)26-29-50-49-28-24-34-13-2-4-16-39(34)53(49)55-54(40)50/h1-32H. The van der Waals surface area contributed by atoms with Gasteiger partial charge in [-0.05, 0) is 104 Å². The maximum atomic E-state index is 2.39. The van der Waals surface area contributed by atoms with E-state index in [1.807, 2.05) is 11.3 Å². The van der Waals surface area contributed by atoms with Crippen LogP contribution in [0.4, 0.5) is 0 Å². The summed E-state index contributed by atoms with van der Waals surface area (Å²) in [4.78, 5) is 0. The number of hydrogen-bond donors (Lipinski definition) is 0. The lowest BCUT2D eigenvalue weighted by Gasteiger charge is -2.20. The summed E-state index contributed by atoms with van der Waals surface area (Å²) in [6, 6.07) is 72.2. The number of hydrogen-bond acceptors (Lipinski definition) is 1. The van der Waals surface area contributed by atoms with Gasteiger partial charge in [0.15, 0.2) is 0 Å². The molecule has 0 saturated heterocycles. The Hall–Kier alpha value is -6.80. The first-order valence-corrected chi connectivity index (χ1v) is 19.8. The fourth-order valence-corrected chi connectivity index (χ4v) is 10.8. The molecule has 0 unspecified atom stereocenters. The molecule has 12 aromatic rings. The van der Waals surface area contributed by atoms with Gasteiger partial charge in [0, 0.05) is 20.2 Å². The van der Waals surface area contributed by atoms with E-state index in [4.69, 9.17) is 0 Å². The highest BCUT2D eigenvalue weighted by Crippen LogP contribution is 2.48. The van der Waals surface area contributed by atoms with Gasteiger partial charge in [-0.25, -0.2) is 0 Å². The molecule has 11 aromatic carbocycles. The van der Waals surface area contributed by atoms with E-state index < -0.39 is 0 Å². The van der Waals surface area contributed by atoms with Gasteiger partial charge < -0.3 is 0 Å². The first kappa shape index (κ1) is 30.6. The molecule has 0 N–H and O–H groups in total. The fraction of sp³-hybridized carbons (Fsp3) is 0. The molecule has 1 aromatic heterocycles. The first-order valence-electron chi connectivity index (χ1n) is 19.0. The Balaban J connectivity index is 1.07. The summed E-state index contributed by atoms with van der Waals surface area (Å²) < 4.78 is 2.73. The van der Waals surface area contributed by atoms with E-state index in [0.717, 1.165) is 0 Å². The van der Waals surface area contributed by atoms with Crippen LogP contribution in [0.2, 0.25) is 0 Å². The Morgan fingerprint density at radius 2 is 0.655 bits per heavy atom. The maximum Gasteiger partial charge on any atom is 0.0434 e. The van der Waals surface area contributed by atoms with Crippen molar-refractivity contribution in [3.05, 3.63) is 194 Å². The van der Waals surface area contributed by atoms with Crippen molar-refractivity contribution in [2.24, 2.45) is 0 Å². The Morgan fingerprint density at radius 1 is 0.236 bits per heavy atom. The van der Waals surface area contributed by atoms with E-state index in [1.165, 1.54) is 118 Å². The van der Waals surface area contributed by atoms with Crippen molar-refractivity contribution in [3.63, 3.8) is 0 Å². The topological polar surface area (TPSA) is 0 Å². The van der Waals surface area contributed by atoms with Crippen LogP contribution in [0.15, 0.2) is 194 Å². The van der Waals surface area contributed by atoms with Gasteiger partial charge in [0.2, 0.25) is 0 Å². The molecule has 0 aliphatic rings. The summed E-state index contributed by atoms with van der Waals surface area (Å²) in [6.07, 6.45) is 0. The van der Waals surface area contributed by atoms with Gasteiger partial charge in [-0.2, -0.15) is 0 Å². The quantitative estimate of drug-likeness (QED) is 0.160. The van der Waals surface area contributed by atoms with Crippen LogP contribution in [-0.4, -0.2) is 0 Å². The van der Waals surface area contributed by atoms with Crippen LogP contribution in [0.25, 0.3) is 118 Å². The third-order valence-corrected chi connectivity index (χ3v) is 13.1. The van der Waals surface area contributed by atoms with Crippen molar-refractivity contribution < 1.29 is 0 Å². The number of fused-ring (bicyclic) bond motifs is 11. The van der Waals surface area contributed by atoms with Gasteiger partial charge in [0.25, 0.3) is 0 Å². The van der Waals surface area contributed by atoms with Crippen molar-refractivity contribution in [2.75, 3.05) is 0 Å². The summed E-state index contributed by atoms with van der Waals surface area (Å²) >= 11 is 1.93. The zero-order valence-corrected chi connectivity index (χ0v) is 30.7. The lowest BCUT2D eigenvalue weighted by Crippen LogP contribution is -1.93. The molecule has 0 fully saturated rings. The molecule has 1 heterocycles. The summed E-state index contributed by atoms with van der Waals surface area (Å²) in [6.45, 7) is 0. The highest BCUT2D eigenvalue weighted by Gasteiger charge is 2.20. The van der Waals surface area contributed by atoms with Gasteiger partial charge in [-0.3, -0.25) is 0 Å². The minimum atomic E-state index is 1.24. The summed E-state index contributed by atoms with van der Waals surface area (Å²) in [5.74, 6) is 0. The van der Waals surface area contributed by atoms with E-state index in [1.54, 1.807) is 0 Å². The van der Waals surface area contributed by atoms with Crippen molar-refractivity contribution in [2.45, 2.75) is 0 Å². The smallest absolute Gasteiger partial charge is 0.0434 e. The van der Waals surface area contributed by atoms with Gasteiger partial charge in [-0.1, -0.05) is 188 Å². The molecule has 0 bridgehead atoms. The molecule has 0 nitrogen and oxygen atoms in total. The van der Waals surface area contributed by atoms with Crippen LogP contribution in [0.5, 0.6) is 0 Å². The zero-order chi connectivity index (χ0) is 36.0. The Morgan fingerprint density at radius 3 is 1.29 bits per heavy atom. The second-order valence-corrected chi connectivity index (χ2v) is 15.7. The van der Waals surface area contributed by atoms with Gasteiger partial charge in [0.05, 0.1) is 0 Å². The zero-order valence-electron chi connectivity index (χ0n) is 29.9. The molecular formula is C54H32S. The van der Waals surface area contributed by atoms with E-state index in [9.17, 15) is 0 Å². The highest BCUT2D eigenvalue weighted by atomic mass is 32.1. The van der Waals surface area contributed by atoms with Crippen LogP contribution < -0.4 is 0 Å². The third kappa shape index (κ3) is 4.51. The average molecular weight is 713 g/mol. The second-order valence-electron chi connectivity index (χ2n) is 14.7. The van der Waals surface area contributed by atoms with Crippen LogP contribution in [-0.2, 0) is 0 Å². The predicted molar refractivity (Wildman–Crippen MR) is 241 cm³/mol. The lowest BCUT2D eigenvalue weighted by molar-refractivity contribution is 1.67. The molecular weight excluding hydrogens is 681 g/mol. The molecule has 254 valence electrons. The highest BCUT2D eigenvalue weighted by molar-refractivity contribution is 7.27. The predicted octanol–water partition coefficient (Wildman–Crippen LogP) is 16.0. The van der Waals surface area contributed by atoms with E-state index in [0.29, 0.717) is 0 Å². The van der Waals surface area contributed by atoms with E-state index >= 15 is 0 Å². The molecule has 0 atom stereocenters.